The van der Waals surface area contributed by atoms with Crippen LogP contribution in [0, 0.1) is 23.6 Å². The molecular formula is C20H27FN2O. The molecule has 130 valence electrons. The van der Waals surface area contributed by atoms with Crippen LogP contribution in [0.25, 0.3) is 0 Å². The van der Waals surface area contributed by atoms with E-state index in [0.717, 1.165) is 25.7 Å². The number of fused-ring (bicyclic) bond motifs is 2. The highest BCUT2D eigenvalue weighted by atomic mass is 19.1. The summed E-state index contributed by atoms with van der Waals surface area (Å²) in [4.78, 5) is 14.8. The van der Waals surface area contributed by atoms with Gasteiger partial charge in [0.15, 0.2) is 0 Å². The summed E-state index contributed by atoms with van der Waals surface area (Å²) in [6.45, 7) is 4.50. The standard InChI is InChI=1S/C20H27FN2O/c1-2-10-23(13-16-6-3-4-9-18(16)21)20(24)17-11-14-7-5-8-15(12-17)19(14)22/h2-4,6,9,14-15,17,19H,1,5,7-8,10-13,22H2. The molecule has 3 nitrogen and oxygen atoms in total. The fourth-order valence-electron chi connectivity index (χ4n) is 4.47. The monoisotopic (exact) mass is 330 g/mol. The lowest BCUT2D eigenvalue weighted by atomic mass is 9.65. The quantitative estimate of drug-likeness (QED) is 0.840. The molecule has 3 rings (SSSR count). The molecule has 2 saturated carbocycles. The highest BCUT2D eigenvalue weighted by Gasteiger charge is 2.41. The summed E-state index contributed by atoms with van der Waals surface area (Å²) < 4.78 is 14.0. The van der Waals surface area contributed by atoms with Crippen LogP contribution in [0.5, 0.6) is 0 Å². The Balaban J connectivity index is 1.72. The number of nitrogens with two attached hydrogens (primary N) is 1. The Labute approximate surface area is 143 Å². The Hall–Kier alpha value is -1.68. The van der Waals surface area contributed by atoms with Crippen LogP contribution in [0.1, 0.15) is 37.7 Å². The van der Waals surface area contributed by atoms with Crippen LogP contribution in [0.2, 0.25) is 0 Å². The molecule has 4 heteroatoms. The molecule has 0 aliphatic heterocycles. The molecule has 2 N–H and O–H groups in total. The van der Waals surface area contributed by atoms with E-state index in [9.17, 15) is 9.18 Å². The van der Waals surface area contributed by atoms with E-state index in [0.29, 0.717) is 30.5 Å². The maximum atomic E-state index is 14.0. The van der Waals surface area contributed by atoms with Crippen molar-refractivity contribution in [2.45, 2.75) is 44.7 Å². The molecule has 1 aromatic rings. The Morgan fingerprint density at radius 1 is 1.29 bits per heavy atom. The van der Waals surface area contributed by atoms with Gasteiger partial charge >= 0.3 is 0 Å². The van der Waals surface area contributed by atoms with Crippen molar-refractivity contribution in [3.8, 4) is 0 Å². The number of hydrogen-bond acceptors (Lipinski definition) is 2. The number of hydrogen-bond donors (Lipinski definition) is 1. The Bertz CT molecular complexity index is 589. The van der Waals surface area contributed by atoms with Crippen LogP contribution >= 0.6 is 0 Å². The normalized spacial score (nSPS) is 29.1. The first-order valence-electron chi connectivity index (χ1n) is 8.98. The van der Waals surface area contributed by atoms with Gasteiger partial charge in [0.05, 0.1) is 0 Å². The van der Waals surface area contributed by atoms with Crippen LogP contribution in [0.4, 0.5) is 4.39 Å². The van der Waals surface area contributed by atoms with Gasteiger partial charge in [-0.15, -0.1) is 6.58 Å². The molecule has 1 aromatic carbocycles. The van der Waals surface area contributed by atoms with Crippen molar-refractivity contribution in [3.05, 3.63) is 48.3 Å². The van der Waals surface area contributed by atoms with E-state index >= 15 is 0 Å². The lowest BCUT2D eigenvalue weighted by Gasteiger charge is -2.44. The summed E-state index contributed by atoms with van der Waals surface area (Å²) in [5.74, 6) is 0.812. The predicted octanol–water partition coefficient (Wildman–Crippen LogP) is 3.49. The van der Waals surface area contributed by atoms with Gasteiger partial charge in [0.25, 0.3) is 0 Å². The highest BCUT2D eigenvalue weighted by molar-refractivity contribution is 5.79. The molecular weight excluding hydrogens is 303 g/mol. The summed E-state index contributed by atoms with van der Waals surface area (Å²) in [5, 5.41) is 0. The topological polar surface area (TPSA) is 46.3 Å². The van der Waals surface area contributed by atoms with E-state index in [1.54, 1.807) is 29.2 Å². The zero-order valence-electron chi connectivity index (χ0n) is 14.2. The van der Waals surface area contributed by atoms with Crippen molar-refractivity contribution in [2.75, 3.05) is 6.54 Å². The van der Waals surface area contributed by atoms with Gasteiger partial charge in [0, 0.05) is 30.6 Å². The molecule has 24 heavy (non-hydrogen) atoms. The lowest BCUT2D eigenvalue weighted by molar-refractivity contribution is -0.138. The van der Waals surface area contributed by atoms with Crippen LogP contribution in [-0.4, -0.2) is 23.4 Å². The fourth-order valence-corrected chi connectivity index (χ4v) is 4.47. The molecule has 2 aliphatic carbocycles. The van der Waals surface area contributed by atoms with Gasteiger partial charge in [-0.25, -0.2) is 4.39 Å². The molecule has 2 aliphatic rings. The van der Waals surface area contributed by atoms with Gasteiger partial charge < -0.3 is 10.6 Å². The average Bonchev–Trinajstić information content (AvgIpc) is 2.55. The molecule has 0 heterocycles. The zero-order valence-corrected chi connectivity index (χ0v) is 14.2. The smallest absolute Gasteiger partial charge is 0.226 e. The summed E-state index contributed by atoms with van der Waals surface area (Å²) >= 11 is 0. The van der Waals surface area contributed by atoms with Gasteiger partial charge in [0.1, 0.15) is 5.82 Å². The number of rotatable bonds is 5. The number of benzene rings is 1. The van der Waals surface area contributed by atoms with Gasteiger partial charge in [-0.2, -0.15) is 0 Å². The third-order valence-electron chi connectivity index (χ3n) is 5.74. The molecule has 2 unspecified atom stereocenters. The first kappa shape index (κ1) is 17.2. The summed E-state index contributed by atoms with van der Waals surface area (Å²) in [7, 11) is 0. The highest BCUT2D eigenvalue weighted by Crippen LogP contribution is 2.42. The Morgan fingerprint density at radius 2 is 1.96 bits per heavy atom. The van der Waals surface area contributed by atoms with Crippen molar-refractivity contribution in [1.82, 2.24) is 4.90 Å². The molecule has 1 amide bonds. The second-order valence-corrected chi connectivity index (χ2v) is 7.30. The van der Waals surface area contributed by atoms with Crippen molar-refractivity contribution in [2.24, 2.45) is 23.5 Å². The predicted molar refractivity (Wildman–Crippen MR) is 93.5 cm³/mol. The first-order valence-corrected chi connectivity index (χ1v) is 8.98. The second kappa shape index (κ2) is 7.47. The Morgan fingerprint density at radius 3 is 2.58 bits per heavy atom. The van der Waals surface area contributed by atoms with Crippen LogP contribution < -0.4 is 5.73 Å². The minimum atomic E-state index is -0.262. The molecule has 0 saturated heterocycles. The van der Waals surface area contributed by atoms with E-state index in [4.69, 9.17) is 5.73 Å². The third-order valence-corrected chi connectivity index (χ3v) is 5.74. The number of carbonyl (C=O) groups is 1. The van der Waals surface area contributed by atoms with Gasteiger partial charge in [-0.05, 0) is 43.6 Å². The van der Waals surface area contributed by atoms with E-state index in [1.165, 1.54) is 12.5 Å². The van der Waals surface area contributed by atoms with Crippen molar-refractivity contribution in [3.63, 3.8) is 0 Å². The minimum Gasteiger partial charge on any atom is -0.334 e. The third kappa shape index (κ3) is 3.54. The van der Waals surface area contributed by atoms with Crippen LogP contribution in [0.15, 0.2) is 36.9 Å². The van der Waals surface area contributed by atoms with Crippen molar-refractivity contribution in [1.29, 1.82) is 0 Å². The summed E-state index contributed by atoms with van der Waals surface area (Å²) in [6.07, 6.45) is 6.97. The summed E-state index contributed by atoms with van der Waals surface area (Å²) in [6, 6.07) is 6.91. The largest absolute Gasteiger partial charge is 0.334 e. The van der Waals surface area contributed by atoms with E-state index in [-0.39, 0.29) is 23.7 Å². The summed E-state index contributed by atoms with van der Waals surface area (Å²) in [5.41, 5.74) is 6.89. The molecule has 2 bridgehead atoms. The number of carbonyl (C=O) groups excluding carboxylic acids is 1. The molecule has 0 spiro atoms. The maximum absolute atomic E-state index is 14.0. The van der Waals surface area contributed by atoms with E-state index in [1.807, 2.05) is 0 Å². The maximum Gasteiger partial charge on any atom is 0.226 e. The van der Waals surface area contributed by atoms with Gasteiger partial charge in [0.2, 0.25) is 5.91 Å². The minimum absolute atomic E-state index is 0.0202. The lowest BCUT2D eigenvalue weighted by Crippen LogP contribution is -2.49. The van der Waals surface area contributed by atoms with Crippen molar-refractivity contribution >= 4 is 5.91 Å². The molecule has 0 aromatic heterocycles. The zero-order chi connectivity index (χ0) is 17.1. The first-order chi connectivity index (χ1) is 11.6. The molecule has 2 atom stereocenters. The average molecular weight is 330 g/mol. The SMILES string of the molecule is C=CCN(Cc1ccccc1F)C(=O)C1CC2CCCC(C1)C2N. The fraction of sp³-hybridized carbons (Fsp3) is 0.550. The molecule has 2 fully saturated rings. The number of nitrogens with zero attached hydrogens (tertiary/aromatic N) is 1. The van der Waals surface area contributed by atoms with Gasteiger partial charge in [-0.1, -0.05) is 30.7 Å². The second-order valence-electron chi connectivity index (χ2n) is 7.30. The van der Waals surface area contributed by atoms with E-state index < -0.39 is 0 Å². The number of amides is 1. The molecule has 0 radical (unpaired) electrons. The van der Waals surface area contributed by atoms with Crippen LogP contribution in [-0.2, 0) is 11.3 Å². The van der Waals surface area contributed by atoms with Crippen LogP contribution in [0.3, 0.4) is 0 Å². The number of halogens is 1. The van der Waals surface area contributed by atoms with E-state index in [2.05, 4.69) is 6.58 Å². The van der Waals surface area contributed by atoms with Gasteiger partial charge in [-0.3, -0.25) is 4.79 Å². The Kier molecular flexibility index (Phi) is 5.34. The van der Waals surface area contributed by atoms with Crippen molar-refractivity contribution < 1.29 is 9.18 Å².